The summed E-state index contributed by atoms with van der Waals surface area (Å²) in [5.74, 6) is -0.337. The van der Waals surface area contributed by atoms with Crippen LogP contribution in [0, 0.1) is 6.92 Å². The van der Waals surface area contributed by atoms with Gasteiger partial charge in [0.2, 0.25) is 0 Å². The molecule has 2 aromatic heterocycles. The molecule has 0 aliphatic rings. The van der Waals surface area contributed by atoms with Crippen molar-refractivity contribution in [3.05, 3.63) is 102 Å². The van der Waals surface area contributed by atoms with Crippen molar-refractivity contribution in [2.24, 2.45) is 0 Å². The van der Waals surface area contributed by atoms with E-state index in [-0.39, 0.29) is 11.6 Å². The van der Waals surface area contributed by atoms with E-state index in [1.807, 2.05) is 55.5 Å². The van der Waals surface area contributed by atoms with Gasteiger partial charge in [-0.2, -0.15) is 0 Å². The highest BCUT2D eigenvalue weighted by Gasteiger charge is 2.15. The molecule has 146 valence electrons. The van der Waals surface area contributed by atoms with E-state index < -0.39 is 0 Å². The molecule has 0 saturated carbocycles. The van der Waals surface area contributed by atoms with Crippen molar-refractivity contribution in [1.82, 2.24) is 9.97 Å². The second-order valence-electron chi connectivity index (χ2n) is 6.81. The minimum Gasteiger partial charge on any atom is -0.320 e. The quantitative estimate of drug-likeness (QED) is 0.474. The molecule has 2 aromatic carbocycles. The van der Waals surface area contributed by atoms with E-state index in [4.69, 9.17) is 0 Å². The highest BCUT2D eigenvalue weighted by atomic mass is 16.1. The summed E-state index contributed by atoms with van der Waals surface area (Å²) in [7, 11) is 0. The van der Waals surface area contributed by atoms with E-state index in [0.717, 1.165) is 28.5 Å². The minimum atomic E-state index is -0.337. The maximum atomic E-state index is 12.9. The number of carbonyl (C=O) groups is 2. The number of hydrogen-bond donors (Lipinski definition) is 1. The lowest BCUT2D eigenvalue weighted by molar-refractivity contribution is 0.102. The highest BCUT2D eigenvalue weighted by molar-refractivity contribution is 6.05. The Kier molecular flexibility index (Phi) is 5.44. The van der Waals surface area contributed by atoms with Crippen LogP contribution in [0.4, 0.5) is 5.69 Å². The van der Waals surface area contributed by atoms with Gasteiger partial charge < -0.3 is 5.32 Å². The Labute approximate surface area is 174 Å². The fraction of sp³-hybridized carbons (Fsp3) is 0.0400. The average molecular weight is 393 g/mol. The van der Waals surface area contributed by atoms with Crippen LogP contribution in [0.25, 0.3) is 22.3 Å². The molecule has 5 nitrogen and oxygen atoms in total. The Bertz CT molecular complexity index is 1210. The number of nitrogens with one attached hydrogen (secondary N) is 1. The van der Waals surface area contributed by atoms with Crippen molar-refractivity contribution in [3.63, 3.8) is 0 Å². The van der Waals surface area contributed by atoms with Crippen LogP contribution in [0.15, 0.2) is 85.3 Å². The number of aromatic nitrogens is 2. The van der Waals surface area contributed by atoms with Crippen LogP contribution in [0.2, 0.25) is 0 Å². The number of benzene rings is 2. The monoisotopic (exact) mass is 393 g/mol. The first-order chi connectivity index (χ1) is 14.7. The third kappa shape index (κ3) is 3.86. The molecule has 0 aliphatic carbocycles. The molecule has 1 amide bonds. The summed E-state index contributed by atoms with van der Waals surface area (Å²) in [6.07, 6.45) is 5.44. The first-order valence-electron chi connectivity index (χ1n) is 9.49. The summed E-state index contributed by atoms with van der Waals surface area (Å²) in [6.45, 7) is 1.98. The molecule has 0 spiro atoms. The van der Waals surface area contributed by atoms with E-state index in [9.17, 15) is 9.59 Å². The van der Waals surface area contributed by atoms with Gasteiger partial charge in [0.25, 0.3) is 5.91 Å². The Morgan fingerprint density at radius 2 is 1.63 bits per heavy atom. The van der Waals surface area contributed by atoms with Gasteiger partial charge >= 0.3 is 0 Å². The second kappa shape index (κ2) is 8.49. The van der Waals surface area contributed by atoms with Crippen LogP contribution in [0.3, 0.4) is 0 Å². The molecule has 1 N–H and O–H groups in total. The number of rotatable bonds is 5. The molecule has 0 radical (unpaired) electrons. The van der Waals surface area contributed by atoms with E-state index in [2.05, 4.69) is 15.3 Å². The van der Waals surface area contributed by atoms with Crippen molar-refractivity contribution in [2.75, 3.05) is 5.32 Å². The zero-order chi connectivity index (χ0) is 20.9. The molecule has 2 heterocycles. The normalized spacial score (nSPS) is 10.4. The topological polar surface area (TPSA) is 72.0 Å². The average Bonchev–Trinajstić information content (AvgIpc) is 2.81. The number of aldehydes is 1. The SMILES string of the molecule is Cc1c(NC(=O)c2cc(-c3ccncc3)c(C=O)cn2)cccc1-c1ccccc1. The van der Waals surface area contributed by atoms with Gasteiger partial charge in [-0.3, -0.25) is 19.6 Å². The fourth-order valence-corrected chi connectivity index (χ4v) is 3.35. The minimum absolute atomic E-state index is 0.233. The van der Waals surface area contributed by atoms with Gasteiger partial charge in [-0.05, 0) is 59.0 Å². The van der Waals surface area contributed by atoms with E-state index in [1.165, 1.54) is 6.20 Å². The summed E-state index contributed by atoms with van der Waals surface area (Å²) in [4.78, 5) is 32.5. The van der Waals surface area contributed by atoms with Crippen LogP contribution in [-0.2, 0) is 0 Å². The van der Waals surface area contributed by atoms with Crippen molar-refractivity contribution in [3.8, 4) is 22.3 Å². The van der Waals surface area contributed by atoms with Gasteiger partial charge in [0.05, 0.1) is 0 Å². The molecule has 5 heteroatoms. The van der Waals surface area contributed by atoms with Gasteiger partial charge in [-0.1, -0.05) is 42.5 Å². The number of nitrogens with zero attached hydrogens (tertiary/aromatic N) is 2. The predicted molar refractivity (Wildman–Crippen MR) is 117 cm³/mol. The first-order valence-corrected chi connectivity index (χ1v) is 9.49. The van der Waals surface area contributed by atoms with Gasteiger partial charge in [0, 0.05) is 29.8 Å². The largest absolute Gasteiger partial charge is 0.320 e. The molecule has 0 unspecified atom stereocenters. The summed E-state index contributed by atoms with van der Waals surface area (Å²) in [6, 6.07) is 21.0. The number of pyridine rings is 2. The summed E-state index contributed by atoms with van der Waals surface area (Å²) < 4.78 is 0. The number of hydrogen-bond acceptors (Lipinski definition) is 4. The smallest absolute Gasteiger partial charge is 0.274 e. The molecule has 30 heavy (non-hydrogen) atoms. The zero-order valence-electron chi connectivity index (χ0n) is 16.4. The number of carbonyl (C=O) groups excluding carboxylic acids is 2. The van der Waals surface area contributed by atoms with Crippen molar-refractivity contribution in [2.45, 2.75) is 6.92 Å². The van der Waals surface area contributed by atoms with Crippen molar-refractivity contribution in [1.29, 1.82) is 0 Å². The predicted octanol–water partition coefficient (Wildman–Crippen LogP) is 5.18. The Morgan fingerprint density at radius 1 is 0.900 bits per heavy atom. The zero-order valence-corrected chi connectivity index (χ0v) is 16.4. The fourth-order valence-electron chi connectivity index (χ4n) is 3.35. The van der Waals surface area contributed by atoms with Gasteiger partial charge in [-0.25, -0.2) is 0 Å². The molecule has 0 saturated heterocycles. The maximum absolute atomic E-state index is 12.9. The molecule has 4 rings (SSSR count). The molecular weight excluding hydrogens is 374 g/mol. The standard InChI is InChI=1S/C25H19N3O2/c1-17-21(18-6-3-2-4-7-18)8-5-9-23(17)28-25(30)24-14-22(20(16-29)15-27-24)19-10-12-26-13-11-19/h2-16H,1H3,(H,28,30). The van der Waals surface area contributed by atoms with E-state index >= 15 is 0 Å². The molecule has 4 aromatic rings. The van der Waals surface area contributed by atoms with E-state index in [0.29, 0.717) is 16.8 Å². The lowest BCUT2D eigenvalue weighted by Crippen LogP contribution is -2.15. The second-order valence-corrected chi connectivity index (χ2v) is 6.81. The third-order valence-corrected chi connectivity index (χ3v) is 4.95. The number of amides is 1. The molecule has 0 aliphatic heterocycles. The lowest BCUT2D eigenvalue weighted by atomic mass is 9.99. The Hall–Kier alpha value is -4.12. The Balaban J connectivity index is 1.66. The summed E-state index contributed by atoms with van der Waals surface area (Å²) >= 11 is 0. The van der Waals surface area contributed by atoms with Crippen LogP contribution in [-0.4, -0.2) is 22.2 Å². The third-order valence-electron chi connectivity index (χ3n) is 4.95. The van der Waals surface area contributed by atoms with Crippen LogP contribution >= 0.6 is 0 Å². The summed E-state index contributed by atoms with van der Waals surface area (Å²) in [5, 5.41) is 2.95. The van der Waals surface area contributed by atoms with Crippen molar-refractivity contribution >= 4 is 17.9 Å². The summed E-state index contributed by atoms with van der Waals surface area (Å²) in [5.41, 5.74) is 5.91. The van der Waals surface area contributed by atoms with Crippen LogP contribution in [0.5, 0.6) is 0 Å². The first kappa shape index (κ1) is 19.2. The molecular formula is C25H19N3O2. The van der Waals surface area contributed by atoms with Crippen LogP contribution in [0.1, 0.15) is 26.4 Å². The Morgan fingerprint density at radius 3 is 2.37 bits per heavy atom. The van der Waals surface area contributed by atoms with Gasteiger partial charge in [0.1, 0.15) is 5.69 Å². The van der Waals surface area contributed by atoms with Gasteiger partial charge in [0.15, 0.2) is 6.29 Å². The molecule has 0 fully saturated rings. The highest BCUT2D eigenvalue weighted by Crippen LogP contribution is 2.29. The molecule has 0 atom stereocenters. The lowest BCUT2D eigenvalue weighted by Gasteiger charge is -2.13. The maximum Gasteiger partial charge on any atom is 0.274 e. The van der Waals surface area contributed by atoms with E-state index in [1.54, 1.807) is 30.6 Å². The number of anilines is 1. The van der Waals surface area contributed by atoms with Crippen LogP contribution < -0.4 is 5.32 Å². The molecule has 0 bridgehead atoms. The van der Waals surface area contributed by atoms with Crippen molar-refractivity contribution < 1.29 is 9.59 Å². The van der Waals surface area contributed by atoms with Gasteiger partial charge in [-0.15, -0.1) is 0 Å².